The Hall–Kier alpha value is -2.18. The summed E-state index contributed by atoms with van der Waals surface area (Å²) in [7, 11) is 2.16. The van der Waals surface area contributed by atoms with E-state index < -0.39 is 0 Å². The number of ether oxygens (including phenoxy) is 1. The summed E-state index contributed by atoms with van der Waals surface area (Å²) in [5.74, 6) is 1.69. The van der Waals surface area contributed by atoms with Crippen LogP contribution in [0.15, 0.2) is 42.6 Å². The average Bonchev–Trinajstić information content (AvgIpc) is 2.63. The Morgan fingerprint density at radius 1 is 1.23 bits per heavy atom. The maximum atomic E-state index is 6.08. The first-order valence-electron chi connectivity index (χ1n) is 9.00. The molecule has 1 aliphatic heterocycles. The predicted molar refractivity (Wildman–Crippen MR) is 110 cm³/mol. The summed E-state index contributed by atoms with van der Waals surface area (Å²) in [6.45, 7) is 4.89. The van der Waals surface area contributed by atoms with Gasteiger partial charge in [0.1, 0.15) is 17.7 Å². The molecule has 1 fully saturated rings. The Morgan fingerprint density at radius 3 is 2.65 bits per heavy atom. The lowest BCUT2D eigenvalue weighted by atomic mass is 10.1. The zero-order valence-corrected chi connectivity index (χ0v) is 16.2. The van der Waals surface area contributed by atoms with Gasteiger partial charge in [-0.1, -0.05) is 12.1 Å². The van der Waals surface area contributed by atoms with Gasteiger partial charge in [0.2, 0.25) is 0 Å². The van der Waals surface area contributed by atoms with Gasteiger partial charge in [-0.2, -0.15) is 0 Å². The van der Waals surface area contributed by atoms with Crippen LogP contribution in [0.25, 0.3) is 0 Å². The Labute approximate surface area is 160 Å². The lowest BCUT2D eigenvalue weighted by Gasteiger charge is -2.29. The number of aryl methyl sites for hydroxylation is 1. The first-order valence-corrected chi connectivity index (χ1v) is 9.41. The van der Waals surface area contributed by atoms with Gasteiger partial charge in [-0.3, -0.25) is 0 Å². The van der Waals surface area contributed by atoms with Crippen LogP contribution in [0.1, 0.15) is 24.0 Å². The van der Waals surface area contributed by atoms with Crippen molar-refractivity contribution in [2.45, 2.75) is 32.4 Å². The number of rotatable bonds is 5. The number of hydrogen-bond acceptors (Lipinski definition) is 4. The molecule has 0 unspecified atom stereocenters. The number of nitrogens with one attached hydrogen (secondary N) is 2. The van der Waals surface area contributed by atoms with E-state index in [1.807, 2.05) is 31.2 Å². The second kappa shape index (κ2) is 8.96. The van der Waals surface area contributed by atoms with Crippen molar-refractivity contribution in [2.75, 3.05) is 25.5 Å². The van der Waals surface area contributed by atoms with Crippen molar-refractivity contribution in [1.82, 2.24) is 15.2 Å². The zero-order chi connectivity index (χ0) is 18.4. The Bertz CT molecular complexity index is 727. The van der Waals surface area contributed by atoms with E-state index in [4.69, 9.17) is 17.0 Å². The van der Waals surface area contributed by atoms with Crippen molar-refractivity contribution in [2.24, 2.45) is 0 Å². The lowest BCUT2D eigenvalue weighted by molar-refractivity contribution is 0.114. The normalized spacial score (nSPS) is 15.5. The van der Waals surface area contributed by atoms with Crippen LogP contribution in [0.4, 0.5) is 5.82 Å². The third-order valence-corrected chi connectivity index (χ3v) is 4.75. The third kappa shape index (κ3) is 5.68. The van der Waals surface area contributed by atoms with E-state index in [0.717, 1.165) is 48.6 Å². The zero-order valence-electron chi connectivity index (χ0n) is 15.4. The van der Waals surface area contributed by atoms with Gasteiger partial charge in [-0.15, -0.1) is 0 Å². The van der Waals surface area contributed by atoms with Crippen molar-refractivity contribution in [3.05, 3.63) is 53.7 Å². The molecular formula is C20H26N4OS. The molecule has 5 nitrogen and oxygen atoms in total. The van der Waals surface area contributed by atoms with Crippen LogP contribution < -0.4 is 15.4 Å². The smallest absolute Gasteiger partial charge is 0.172 e. The van der Waals surface area contributed by atoms with E-state index >= 15 is 0 Å². The monoisotopic (exact) mass is 370 g/mol. The molecule has 2 aromatic rings. The van der Waals surface area contributed by atoms with Crippen molar-refractivity contribution in [3.63, 3.8) is 0 Å². The Kier molecular flexibility index (Phi) is 6.41. The number of nitrogens with zero attached hydrogens (tertiary/aromatic N) is 2. The number of anilines is 1. The SMILES string of the molecule is Cc1ccnc(NC(=S)NCc2ccc(OC3CCN(C)CC3)cc2)c1. The summed E-state index contributed by atoms with van der Waals surface area (Å²) >= 11 is 5.33. The van der Waals surface area contributed by atoms with Gasteiger partial charge in [0, 0.05) is 25.8 Å². The number of piperidine rings is 1. The van der Waals surface area contributed by atoms with E-state index in [1.54, 1.807) is 6.20 Å². The quantitative estimate of drug-likeness (QED) is 0.787. The molecule has 1 aliphatic rings. The molecule has 0 aliphatic carbocycles. The van der Waals surface area contributed by atoms with Crippen molar-refractivity contribution in [1.29, 1.82) is 0 Å². The van der Waals surface area contributed by atoms with Gasteiger partial charge in [0.25, 0.3) is 0 Å². The van der Waals surface area contributed by atoms with E-state index in [-0.39, 0.29) is 0 Å². The molecule has 0 saturated carbocycles. The summed E-state index contributed by atoms with van der Waals surface area (Å²) in [6.07, 6.45) is 4.27. The minimum atomic E-state index is 0.328. The highest BCUT2D eigenvalue weighted by Crippen LogP contribution is 2.19. The van der Waals surface area contributed by atoms with E-state index in [0.29, 0.717) is 17.8 Å². The van der Waals surface area contributed by atoms with Gasteiger partial charge < -0.3 is 20.3 Å². The molecule has 1 aromatic carbocycles. The topological polar surface area (TPSA) is 49.4 Å². The second-order valence-electron chi connectivity index (χ2n) is 6.79. The molecule has 2 N–H and O–H groups in total. The first kappa shape index (κ1) is 18.6. The Balaban J connectivity index is 1.44. The number of likely N-dealkylation sites (tertiary alicyclic amines) is 1. The molecular weight excluding hydrogens is 344 g/mol. The number of hydrogen-bond donors (Lipinski definition) is 2. The van der Waals surface area contributed by atoms with Gasteiger partial charge in [-0.25, -0.2) is 4.98 Å². The first-order chi connectivity index (χ1) is 12.6. The summed E-state index contributed by atoms with van der Waals surface area (Å²) in [5, 5.41) is 6.87. The molecule has 0 atom stereocenters. The molecule has 1 saturated heterocycles. The minimum Gasteiger partial charge on any atom is -0.490 e. The highest BCUT2D eigenvalue weighted by molar-refractivity contribution is 7.80. The van der Waals surface area contributed by atoms with Crippen LogP contribution >= 0.6 is 12.2 Å². The van der Waals surface area contributed by atoms with Gasteiger partial charge in [0.15, 0.2) is 5.11 Å². The number of aromatic nitrogens is 1. The standard InChI is InChI=1S/C20H26N4OS/c1-15-7-10-21-19(13-15)23-20(26)22-14-16-3-5-17(6-4-16)25-18-8-11-24(2)12-9-18/h3-7,10,13,18H,8-9,11-12,14H2,1-2H3,(H2,21,22,23,26). The van der Waals surface area contributed by atoms with Crippen molar-refractivity contribution in [3.8, 4) is 5.75 Å². The maximum Gasteiger partial charge on any atom is 0.172 e. The third-order valence-electron chi connectivity index (χ3n) is 4.50. The summed E-state index contributed by atoms with van der Waals surface area (Å²) in [6, 6.07) is 12.1. The molecule has 1 aromatic heterocycles. The molecule has 138 valence electrons. The van der Waals surface area contributed by atoms with E-state index in [1.165, 1.54) is 0 Å². The lowest BCUT2D eigenvalue weighted by Crippen LogP contribution is -2.35. The van der Waals surface area contributed by atoms with Crippen LogP contribution in [0, 0.1) is 6.92 Å². The molecule has 0 radical (unpaired) electrons. The number of thiocarbonyl (C=S) groups is 1. The van der Waals surface area contributed by atoms with Gasteiger partial charge in [-0.05, 0) is 74.4 Å². The van der Waals surface area contributed by atoms with E-state index in [9.17, 15) is 0 Å². The maximum absolute atomic E-state index is 6.08. The van der Waals surface area contributed by atoms with Crippen LogP contribution in [0.2, 0.25) is 0 Å². The molecule has 0 spiro atoms. The summed E-state index contributed by atoms with van der Waals surface area (Å²) in [4.78, 5) is 6.59. The van der Waals surface area contributed by atoms with Gasteiger partial charge in [0.05, 0.1) is 0 Å². The molecule has 3 rings (SSSR count). The minimum absolute atomic E-state index is 0.328. The summed E-state index contributed by atoms with van der Waals surface area (Å²) in [5.41, 5.74) is 2.30. The molecule has 26 heavy (non-hydrogen) atoms. The van der Waals surface area contributed by atoms with Crippen molar-refractivity contribution >= 4 is 23.1 Å². The van der Waals surface area contributed by atoms with Crippen LogP contribution in [0.3, 0.4) is 0 Å². The molecule has 6 heteroatoms. The fourth-order valence-corrected chi connectivity index (χ4v) is 3.11. The molecule has 0 amide bonds. The number of pyridine rings is 1. The summed E-state index contributed by atoms with van der Waals surface area (Å²) < 4.78 is 6.08. The molecule has 0 bridgehead atoms. The van der Waals surface area contributed by atoms with Crippen LogP contribution in [-0.2, 0) is 6.54 Å². The Morgan fingerprint density at radius 2 is 1.96 bits per heavy atom. The van der Waals surface area contributed by atoms with Crippen LogP contribution in [-0.4, -0.2) is 41.2 Å². The largest absolute Gasteiger partial charge is 0.490 e. The second-order valence-corrected chi connectivity index (χ2v) is 7.20. The van der Waals surface area contributed by atoms with Gasteiger partial charge >= 0.3 is 0 Å². The fourth-order valence-electron chi connectivity index (χ4n) is 2.93. The highest BCUT2D eigenvalue weighted by atomic mass is 32.1. The predicted octanol–water partition coefficient (Wildman–Crippen LogP) is 3.35. The van der Waals surface area contributed by atoms with E-state index in [2.05, 4.69) is 39.7 Å². The average molecular weight is 371 g/mol. The van der Waals surface area contributed by atoms with Crippen molar-refractivity contribution < 1.29 is 4.74 Å². The fraction of sp³-hybridized carbons (Fsp3) is 0.400. The number of benzene rings is 1. The molecule has 2 heterocycles. The van der Waals surface area contributed by atoms with Crippen LogP contribution in [0.5, 0.6) is 5.75 Å². The highest BCUT2D eigenvalue weighted by Gasteiger charge is 2.17.